The second-order valence-corrected chi connectivity index (χ2v) is 7.32. The van der Waals surface area contributed by atoms with Gasteiger partial charge in [-0.05, 0) is 43.6 Å². The van der Waals surface area contributed by atoms with Gasteiger partial charge >= 0.3 is 6.18 Å². The van der Waals surface area contributed by atoms with Crippen LogP contribution < -0.4 is 5.32 Å². The van der Waals surface area contributed by atoms with E-state index in [0.29, 0.717) is 17.3 Å². The summed E-state index contributed by atoms with van der Waals surface area (Å²) < 4.78 is 52.5. The summed E-state index contributed by atoms with van der Waals surface area (Å²) in [5.74, 6) is 0.348. The number of nitrogens with zero attached hydrogens (tertiary/aromatic N) is 3. The number of nitrogens with one attached hydrogen (secondary N) is 1. The molecule has 1 aromatic carbocycles. The minimum Gasteiger partial charge on any atom is -0.365 e. The first-order valence-electron chi connectivity index (χ1n) is 9.39. The van der Waals surface area contributed by atoms with Crippen molar-refractivity contribution >= 4 is 5.82 Å². The molecule has 0 bridgehead atoms. The van der Waals surface area contributed by atoms with Gasteiger partial charge in [0.25, 0.3) is 0 Å². The molecule has 8 heteroatoms. The molecule has 152 valence electrons. The normalized spacial score (nSPS) is 20.9. The van der Waals surface area contributed by atoms with Gasteiger partial charge in [-0.25, -0.2) is 14.4 Å². The first kappa shape index (κ1) is 20.5. The fraction of sp³-hybridized carbons (Fsp3) is 0.500. The first-order chi connectivity index (χ1) is 13.3. The third-order valence-electron chi connectivity index (χ3n) is 5.20. The van der Waals surface area contributed by atoms with E-state index in [1.165, 1.54) is 12.1 Å². The van der Waals surface area contributed by atoms with Crippen LogP contribution in [0.1, 0.15) is 36.7 Å². The Labute approximate surface area is 162 Å². The number of benzene rings is 1. The summed E-state index contributed by atoms with van der Waals surface area (Å²) in [5.41, 5.74) is -0.130. The predicted octanol–water partition coefficient (Wildman–Crippen LogP) is 4.37. The molecule has 0 spiro atoms. The third kappa shape index (κ3) is 4.98. The highest BCUT2D eigenvalue weighted by molar-refractivity contribution is 5.44. The SMILES string of the molecule is CC[C@@H]1CN(C)CC[C@H]1Nc1ncc(C(F)(F)F)nc1Cc1ccc(F)cc1. The van der Waals surface area contributed by atoms with Crippen LogP contribution in [0.3, 0.4) is 0 Å². The van der Waals surface area contributed by atoms with Crippen LogP contribution >= 0.6 is 0 Å². The molecule has 3 rings (SSSR count). The van der Waals surface area contributed by atoms with Crippen molar-refractivity contribution in [2.45, 2.75) is 38.4 Å². The van der Waals surface area contributed by atoms with Gasteiger partial charge in [-0.15, -0.1) is 0 Å². The number of halogens is 4. The van der Waals surface area contributed by atoms with Crippen LogP contribution in [0.5, 0.6) is 0 Å². The van der Waals surface area contributed by atoms with Crippen molar-refractivity contribution in [3.05, 3.63) is 53.2 Å². The number of alkyl halides is 3. The summed E-state index contributed by atoms with van der Waals surface area (Å²) in [4.78, 5) is 10.2. The van der Waals surface area contributed by atoms with Crippen LogP contribution in [-0.4, -0.2) is 41.0 Å². The minimum absolute atomic E-state index is 0.124. The highest BCUT2D eigenvalue weighted by Crippen LogP contribution is 2.30. The summed E-state index contributed by atoms with van der Waals surface area (Å²) in [7, 11) is 2.07. The van der Waals surface area contributed by atoms with Gasteiger partial charge in [-0.1, -0.05) is 25.5 Å². The monoisotopic (exact) mass is 396 g/mol. The molecule has 4 nitrogen and oxygen atoms in total. The lowest BCUT2D eigenvalue weighted by molar-refractivity contribution is -0.141. The zero-order chi connectivity index (χ0) is 20.3. The van der Waals surface area contributed by atoms with Crippen LogP contribution in [0.2, 0.25) is 0 Å². The molecule has 0 saturated carbocycles. The van der Waals surface area contributed by atoms with Crippen LogP contribution in [0.4, 0.5) is 23.4 Å². The predicted molar refractivity (Wildman–Crippen MR) is 99.5 cm³/mol. The lowest BCUT2D eigenvalue weighted by Crippen LogP contribution is -2.44. The Bertz CT molecular complexity index is 792. The van der Waals surface area contributed by atoms with Gasteiger partial charge in [0.1, 0.15) is 11.6 Å². The van der Waals surface area contributed by atoms with Gasteiger partial charge in [0.15, 0.2) is 5.69 Å². The smallest absolute Gasteiger partial charge is 0.365 e. The maximum absolute atomic E-state index is 13.2. The number of hydrogen-bond acceptors (Lipinski definition) is 4. The quantitative estimate of drug-likeness (QED) is 0.762. The molecule has 0 unspecified atom stereocenters. The summed E-state index contributed by atoms with van der Waals surface area (Å²) in [5, 5.41) is 3.34. The van der Waals surface area contributed by atoms with Gasteiger partial charge in [0, 0.05) is 19.0 Å². The third-order valence-corrected chi connectivity index (χ3v) is 5.20. The Balaban J connectivity index is 1.89. The number of hydrogen-bond donors (Lipinski definition) is 1. The van der Waals surface area contributed by atoms with Gasteiger partial charge in [0.05, 0.1) is 11.9 Å². The van der Waals surface area contributed by atoms with E-state index in [0.717, 1.165) is 32.1 Å². The fourth-order valence-corrected chi connectivity index (χ4v) is 3.60. The Morgan fingerprint density at radius 3 is 2.57 bits per heavy atom. The Morgan fingerprint density at radius 1 is 1.21 bits per heavy atom. The molecule has 1 aliphatic rings. The van der Waals surface area contributed by atoms with E-state index in [4.69, 9.17) is 0 Å². The number of aromatic nitrogens is 2. The van der Waals surface area contributed by atoms with Crippen LogP contribution in [0.25, 0.3) is 0 Å². The topological polar surface area (TPSA) is 41.0 Å². The largest absolute Gasteiger partial charge is 0.434 e. The molecule has 1 aliphatic heterocycles. The van der Waals surface area contributed by atoms with E-state index in [2.05, 4.69) is 34.2 Å². The average molecular weight is 396 g/mol. The zero-order valence-corrected chi connectivity index (χ0v) is 15.9. The second kappa shape index (κ2) is 8.43. The van der Waals surface area contributed by atoms with Crippen LogP contribution in [0, 0.1) is 11.7 Å². The molecule has 0 radical (unpaired) electrons. The van der Waals surface area contributed by atoms with E-state index >= 15 is 0 Å². The van der Waals surface area contributed by atoms with Crippen molar-refractivity contribution < 1.29 is 17.6 Å². The summed E-state index contributed by atoms with van der Waals surface area (Å²) in [6.45, 7) is 3.95. The van der Waals surface area contributed by atoms with Crippen molar-refractivity contribution in [2.75, 3.05) is 25.5 Å². The Morgan fingerprint density at radius 2 is 1.93 bits per heavy atom. The molecule has 1 fully saturated rings. The molecule has 1 N–H and O–H groups in total. The Hall–Kier alpha value is -2.22. The molecule has 2 aromatic rings. The molecule has 2 atom stereocenters. The summed E-state index contributed by atoms with van der Waals surface area (Å²) in [6.07, 6.45) is -1.81. The standard InChI is InChI=1S/C20H24F4N4/c1-3-14-12-28(2)9-8-16(14)27-19-17(10-13-4-6-15(21)7-5-13)26-18(11-25-19)20(22,23)24/h4-7,11,14,16H,3,8-10,12H2,1-2H3,(H,25,27)/t14-,16-/m1/s1. The highest BCUT2D eigenvalue weighted by Gasteiger charge is 2.34. The van der Waals surface area contributed by atoms with E-state index in [1.807, 2.05) is 0 Å². The number of anilines is 1. The van der Waals surface area contributed by atoms with Crippen molar-refractivity contribution in [3.63, 3.8) is 0 Å². The highest BCUT2D eigenvalue weighted by atomic mass is 19.4. The molecule has 28 heavy (non-hydrogen) atoms. The fourth-order valence-electron chi connectivity index (χ4n) is 3.60. The maximum atomic E-state index is 13.2. The van der Waals surface area contributed by atoms with Gasteiger partial charge in [-0.3, -0.25) is 0 Å². The van der Waals surface area contributed by atoms with Crippen LogP contribution in [-0.2, 0) is 12.6 Å². The molecule has 0 amide bonds. The van der Waals surface area contributed by atoms with Crippen molar-refractivity contribution in [3.8, 4) is 0 Å². The van der Waals surface area contributed by atoms with Crippen molar-refractivity contribution in [2.24, 2.45) is 5.92 Å². The molecular weight excluding hydrogens is 372 g/mol. The average Bonchev–Trinajstić information content (AvgIpc) is 2.65. The summed E-state index contributed by atoms with van der Waals surface area (Å²) in [6, 6.07) is 5.79. The molecule has 1 saturated heterocycles. The zero-order valence-electron chi connectivity index (χ0n) is 15.9. The lowest BCUT2D eigenvalue weighted by atomic mass is 9.90. The minimum atomic E-state index is -4.57. The lowest BCUT2D eigenvalue weighted by Gasteiger charge is -2.37. The Kier molecular flexibility index (Phi) is 6.17. The van der Waals surface area contributed by atoms with Gasteiger partial charge in [0.2, 0.25) is 0 Å². The van der Waals surface area contributed by atoms with Crippen molar-refractivity contribution in [1.29, 1.82) is 0 Å². The maximum Gasteiger partial charge on any atom is 0.434 e. The van der Waals surface area contributed by atoms with Crippen LogP contribution in [0.15, 0.2) is 30.5 Å². The van der Waals surface area contributed by atoms with Gasteiger partial charge < -0.3 is 10.2 Å². The molecule has 0 aliphatic carbocycles. The van der Waals surface area contributed by atoms with E-state index in [-0.39, 0.29) is 18.2 Å². The number of likely N-dealkylation sites (tertiary alicyclic amines) is 1. The van der Waals surface area contributed by atoms with E-state index in [9.17, 15) is 17.6 Å². The molecular formula is C20H24F4N4. The van der Waals surface area contributed by atoms with Gasteiger partial charge in [-0.2, -0.15) is 13.2 Å². The number of piperidine rings is 1. The van der Waals surface area contributed by atoms with E-state index in [1.54, 1.807) is 12.1 Å². The van der Waals surface area contributed by atoms with E-state index < -0.39 is 17.7 Å². The first-order valence-corrected chi connectivity index (χ1v) is 9.39. The number of rotatable bonds is 5. The second-order valence-electron chi connectivity index (χ2n) is 7.32. The molecule has 2 heterocycles. The van der Waals surface area contributed by atoms with Crippen molar-refractivity contribution in [1.82, 2.24) is 14.9 Å². The molecule has 1 aromatic heterocycles. The summed E-state index contributed by atoms with van der Waals surface area (Å²) >= 11 is 0.